The molecule has 0 saturated heterocycles. The van der Waals surface area contributed by atoms with Crippen LogP contribution in [0.5, 0.6) is 11.5 Å². The van der Waals surface area contributed by atoms with Crippen LogP contribution in [0.2, 0.25) is 0 Å². The van der Waals surface area contributed by atoms with E-state index in [0.29, 0.717) is 11.5 Å². The minimum atomic E-state index is -0.640. The van der Waals surface area contributed by atoms with Crippen molar-refractivity contribution in [1.82, 2.24) is 0 Å². The van der Waals surface area contributed by atoms with Crippen molar-refractivity contribution in [2.24, 2.45) is 0 Å². The van der Waals surface area contributed by atoms with Crippen LogP contribution in [-0.4, -0.2) is 24.6 Å². The molecule has 0 aliphatic carbocycles. The summed E-state index contributed by atoms with van der Waals surface area (Å²) in [6.07, 6.45) is -0.0586. The molecule has 0 aromatic heterocycles. The maximum absolute atomic E-state index is 12.5. The van der Waals surface area contributed by atoms with Crippen LogP contribution in [0.1, 0.15) is 41.5 Å². The summed E-state index contributed by atoms with van der Waals surface area (Å²) in [5, 5.41) is 0. The molecule has 5 heteroatoms. The first-order chi connectivity index (χ1) is 11.5. The van der Waals surface area contributed by atoms with Crippen molar-refractivity contribution in [1.29, 1.82) is 0 Å². The van der Waals surface area contributed by atoms with Gasteiger partial charge in [-0.15, -0.1) is 0 Å². The van der Waals surface area contributed by atoms with Gasteiger partial charge in [-0.25, -0.2) is 9.59 Å². The molecule has 0 heterocycles. The molecule has 5 nitrogen and oxygen atoms in total. The molecule has 0 N–H and O–H groups in total. The second-order valence-corrected chi connectivity index (χ2v) is 5.27. The Bertz CT molecular complexity index is 721. The zero-order valence-corrected chi connectivity index (χ0v) is 13.9. The van der Waals surface area contributed by atoms with Crippen LogP contribution in [0.25, 0.3) is 0 Å². The number of carbonyl (C=O) groups excluding carboxylic acids is 2. The molecular weight excluding hydrogens is 308 g/mol. The summed E-state index contributed by atoms with van der Waals surface area (Å²) in [4.78, 5) is 24.5. The van der Waals surface area contributed by atoms with E-state index in [1.54, 1.807) is 43.3 Å². The lowest BCUT2D eigenvalue weighted by molar-refractivity contribution is 0.0517. The second kappa shape index (κ2) is 8.15. The lowest BCUT2D eigenvalue weighted by atomic mass is 10.1. The highest BCUT2D eigenvalue weighted by Crippen LogP contribution is 2.28. The Morgan fingerprint density at radius 3 is 2.00 bits per heavy atom. The Morgan fingerprint density at radius 1 is 0.875 bits per heavy atom. The highest BCUT2D eigenvalue weighted by Gasteiger charge is 2.20. The number of ether oxygens (including phenoxy) is 3. The first-order valence-electron chi connectivity index (χ1n) is 7.77. The summed E-state index contributed by atoms with van der Waals surface area (Å²) in [6.45, 7) is 5.70. The van der Waals surface area contributed by atoms with Crippen LogP contribution >= 0.6 is 0 Å². The molecule has 0 bridgehead atoms. The van der Waals surface area contributed by atoms with Crippen molar-refractivity contribution in [2.75, 3.05) is 6.61 Å². The number of rotatable bonds is 6. The van der Waals surface area contributed by atoms with Crippen LogP contribution in [0, 0.1) is 0 Å². The fourth-order valence-electron chi connectivity index (χ4n) is 2.09. The van der Waals surface area contributed by atoms with Crippen molar-refractivity contribution in [3.05, 3.63) is 59.7 Å². The molecule has 0 unspecified atom stereocenters. The molecule has 0 fully saturated rings. The summed E-state index contributed by atoms with van der Waals surface area (Å²) in [5.74, 6) is -0.431. The molecular formula is C19H20O5. The second-order valence-electron chi connectivity index (χ2n) is 5.27. The number of benzene rings is 2. The maximum atomic E-state index is 12.5. The molecule has 0 amide bonds. The molecule has 2 aromatic rings. The Kier molecular flexibility index (Phi) is 5.95. The summed E-state index contributed by atoms with van der Waals surface area (Å²) in [7, 11) is 0. The van der Waals surface area contributed by atoms with E-state index in [4.69, 9.17) is 14.2 Å². The van der Waals surface area contributed by atoms with Crippen LogP contribution in [0.4, 0.5) is 0 Å². The number of esters is 2. The fraction of sp³-hybridized carbons (Fsp3) is 0.263. The third kappa shape index (κ3) is 4.35. The van der Waals surface area contributed by atoms with Gasteiger partial charge < -0.3 is 14.2 Å². The Hall–Kier alpha value is -2.82. The SMILES string of the molecule is CCOC(=O)c1ccccc1C(=O)Oc1ccccc1OC(C)C. The van der Waals surface area contributed by atoms with Gasteiger partial charge in [0.2, 0.25) is 0 Å². The van der Waals surface area contributed by atoms with Crippen molar-refractivity contribution in [3.8, 4) is 11.5 Å². The van der Waals surface area contributed by atoms with Gasteiger partial charge in [0.1, 0.15) is 0 Å². The summed E-state index contributed by atoms with van der Waals surface area (Å²) < 4.78 is 16.0. The molecule has 0 spiro atoms. The van der Waals surface area contributed by atoms with Crippen molar-refractivity contribution in [3.63, 3.8) is 0 Å². The van der Waals surface area contributed by atoms with E-state index in [1.807, 2.05) is 13.8 Å². The average Bonchev–Trinajstić information content (AvgIpc) is 2.56. The standard InChI is InChI=1S/C19H20O5/c1-4-22-18(20)14-9-5-6-10-15(14)19(21)24-17-12-8-7-11-16(17)23-13(2)3/h5-13H,4H2,1-3H3. The topological polar surface area (TPSA) is 61.8 Å². The molecule has 0 aliphatic rings. The summed E-state index contributed by atoms with van der Waals surface area (Å²) in [5.41, 5.74) is 0.321. The van der Waals surface area contributed by atoms with Crippen molar-refractivity contribution in [2.45, 2.75) is 26.9 Å². The van der Waals surface area contributed by atoms with Gasteiger partial charge in [-0.2, -0.15) is 0 Å². The molecule has 126 valence electrons. The third-order valence-corrected chi connectivity index (χ3v) is 3.06. The number of para-hydroxylation sites is 2. The number of hydrogen-bond donors (Lipinski definition) is 0. The molecule has 0 radical (unpaired) electrons. The number of hydrogen-bond acceptors (Lipinski definition) is 5. The molecule has 2 rings (SSSR count). The average molecular weight is 328 g/mol. The lowest BCUT2D eigenvalue weighted by Gasteiger charge is -2.14. The lowest BCUT2D eigenvalue weighted by Crippen LogP contribution is -2.16. The van der Waals surface area contributed by atoms with E-state index in [-0.39, 0.29) is 23.8 Å². The normalized spacial score (nSPS) is 10.3. The Labute approximate surface area is 141 Å². The molecule has 0 aliphatic heterocycles. The maximum Gasteiger partial charge on any atom is 0.344 e. The van der Waals surface area contributed by atoms with Gasteiger partial charge in [0.05, 0.1) is 23.8 Å². The van der Waals surface area contributed by atoms with Gasteiger partial charge in [0, 0.05) is 0 Å². The predicted octanol–water partition coefficient (Wildman–Crippen LogP) is 3.87. The van der Waals surface area contributed by atoms with Gasteiger partial charge in [0.25, 0.3) is 0 Å². The largest absolute Gasteiger partial charge is 0.487 e. The van der Waals surface area contributed by atoms with Crippen LogP contribution < -0.4 is 9.47 Å². The highest BCUT2D eigenvalue weighted by molar-refractivity contribution is 6.03. The predicted molar refractivity (Wildman–Crippen MR) is 89.6 cm³/mol. The number of carbonyl (C=O) groups is 2. The first kappa shape index (κ1) is 17.5. The minimum Gasteiger partial charge on any atom is -0.487 e. The van der Waals surface area contributed by atoms with Crippen LogP contribution in [0.15, 0.2) is 48.5 Å². The smallest absolute Gasteiger partial charge is 0.344 e. The summed E-state index contributed by atoms with van der Waals surface area (Å²) >= 11 is 0. The Morgan fingerprint density at radius 2 is 1.42 bits per heavy atom. The van der Waals surface area contributed by atoms with Gasteiger partial charge in [-0.05, 0) is 45.0 Å². The van der Waals surface area contributed by atoms with E-state index in [0.717, 1.165) is 0 Å². The van der Waals surface area contributed by atoms with Crippen LogP contribution in [0.3, 0.4) is 0 Å². The monoisotopic (exact) mass is 328 g/mol. The van der Waals surface area contributed by atoms with E-state index in [1.165, 1.54) is 12.1 Å². The Balaban J connectivity index is 2.27. The van der Waals surface area contributed by atoms with Gasteiger partial charge in [0.15, 0.2) is 11.5 Å². The quantitative estimate of drug-likeness (QED) is 0.595. The van der Waals surface area contributed by atoms with Gasteiger partial charge >= 0.3 is 11.9 Å². The molecule has 2 aromatic carbocycles. The van der Waals surface area contributed by atoms with Crippen molar-refractivity contribution < 1.29 is 23.8 Å². The van der Waals surface area contributed by atoms with E-state index >= 15 is 0 Å². The zero-order valence-electron chi connectivity index (χ0n) is 13.9. The fourth-order valence-corrected chi connectivity index (χ4v) is 2.09. The third-order valence-electron chi connectivity index (χ3n) is 3.06. The first-order valence-corrected chi connectivity index (χ1v) is 7.77. The zero-order chi connectivity index (χ0) is 17.5. The van der Waals surface area contributed by atoms with E-state index in [2.05, 4.69) is 0 Å². The van der Waals surface area contributed by atoms with E-state index in [9.17, 15) is 9.59 Å². The van der Waals surface area contributed by atoms with Gasteiger partial charge in [-0.3, -0.25) is 0 Å². The van der Waals surface area contributed by atoms with Crippen LogP contribution in [-0.2, 0) is 4.74 Å². The summed E-state index contributed by atoms with van der Waals surface area (Å²) in [6, 6.07) is 13.3. The van der Waals surface area contributed by atoms with E-state index < -0.39 is 11.9 Å². The van der Waals surface area contributed by atoms with Gasteiger partial charge in [-0.1, -0.05) is 24.3 Å². The molecule has 0 saturated carbocycles. The highest BCUT2D eigenvalue weighted by atomic mass is 16.6. The molecule has 0 atom stereocenters. The molecule has 24 heavy (non-hydrogen) atoms. The van der Waals surface area contributed by atoms with Crippen molar-refractivity contribution >= 4 is 11.9 Å². The minimum absolute atomic E-state index is 0.0586.